The van der Waals surface area contributed by atoms with Crippen molar-refractivity contribution < 1.29 is 0 Å². The summed E-state index contributed by atoms with van der Waals surface area (Å²) in [5.74, 6) is 0.747. The van der Waals surface area contributed by atoms with Crippen molar-refractivity contribution in [2.24, 2.45) is 0 Å². The van der Waals surface area contributed by atoms with Gasteiger partial charge in [-0.2, -0.15) is 5.26 Å². The summed E-state index contributed by atoms with van der Waals surface area (Å²) in [6, 6.07) is 12.3. The predicted molar refractivity (Wildman–Crippen MR) is 112 cm³/mol. The number of aromatic nitrogens is 4. The molecule has 8 heteroatoms. The maximum Gasteiger partial charge on any atom is 0.172 e. The minimum Gasteiger partial charge on any atom is -0.355 e. The van der Waals surface area contributed by atoms with E-state index in [1.807, 2.05) is 30.3 Å². The summed E-state index contributed by atoms with van der Waals surface area (Å²) < 4.78 is 0.746. The Hall–Kier alpha value is -2.82. The van der Waals surface area contributed by atoms with Crippen LogP contribution in [0, 0.1) is 11.3 Å². The van der Waals surface area contributed by atoms with Gasteiger partial charge in [0.25, 0.3) is 0 Å². The van der Waals surface area contributed by atoms with Crippen molar-refractivity contribution in [1.29, 1.82) is 5.26 Å². The quantitative estimate of drug-likeness (QED) is 0.475. The molecule has 0 unspecified atom stereocenters. The van der Waals surface area contributed by atoms with Crippen LogP contribution in [0.25, 0.3) is 31.6 Å². The fraction of sp³-hybridized carbons (Fsp3) is 0.250. The van der Waals surface area contributed by atoms with Crippen LogP contribution in [0.3, 0.4) is 0 Å². The van der Waals surface area contributed by atoms with E-state index in [4.69, 9.17) is 16.6 Å². The smallest absolute Gasteiger partial charge is 0.172 e. The number of thiophene rings is 1. The molecule has 0 amide bonds. The van der Waals surface area contributed by atoms with Gasteiger partial charge in [0.2, 0.25) is 0 Å². The summed E-state index contributed by atoms with van der Waals surface area (Å²) in [4.78, 5) is 7.93. The number of benzene rings is 1. The van der Waals surface area contributed by atoms with Crippen LogP contribution in [0.1, 0.15) is 24.8 Å². The Kier molecular flexibility index (Phi) is 4.30. The number of anilines is 1. The topological polar surface area (TPSA) is 78.6 Å². The molecule has 6 nitrogen and oxygen atoms in total. The third-order valence-corrected chi connectivity index (χ3v) is 6.55. The maximum atomic E-state index is 10.1. The summed E-state index contributed by atoms with van der Waals surface area (Å²) in [5, 5.41) is 23.2. The van der Waals surface area contributed by atoms with E-state index in [1.54, 1.807) is 0 Å². The zero-order valence-corrected chi connectivity index (χ0v) is 16.5. The van der Waals surface area contributed by atoms with Gasteiger partial charge in [0.15, 0.2) is 5.15 Å². The van der Waals surface area contributed by atoms with E-state index in [-0.39, 0.29) is 0 Å². The molecule has 0 N–H and O–H groups in total. The lowest BCUT2D eigenvalue weighted by Crippen LogP contribution is -2.31. The van der Waals surface area contributed by atoms with Crippen LogP contribution in [-0.2, 0) is 0 Å². The second-order valence-corrected chi connectivity index (χ2v) is 8.11. The van der Waals surface area contributed by atoms with E-state index in [1.165, 1.54) is 17.8 Å². The molecule has 138 valence electrons. The summed E-state index contributed by atoms with van der Waals surface area (Å²) in [5.41, 5.74) is 3.03. The molecule has 0 atom stereocenters. The number of pyridine rings is 1. The van der Waals surface area contributed by atoms with Crippen LogP contribution in [0.5, 0.6) is 0 Å². The third kappa shape index (κ3) is 2.68. The van der Waals surface area contributed by atoms with E-state index < -0.39 is 0 Å². The summed E-state index contributed by atoms with van der Waals surface area (Å²) >= 11 is 7.73. The molecule has 1 aliphatic heterocycles. The number of hydrogen-bond donors (Lipinski definition) is 0. The summed E-state index contributed by atoms with van der Waals surface area (Å²) in [6.45, 7) is 1.82. The van der Waals surface area contributed by atoms with Crippen LogP contribution in [0.4, 0.5) is 5.82 Å². The third-order valence-electron chi connectivity index (χ3n) is 5.09. The molecule has 4 aromatic rings. The number of rotatable bonds is 2. The number of piperidine rings is 1. The molecule has 0 saturated carbocycles. The average molecular weight is 407 g/mol. The molecule has 5 rings (SSSR count). The Morgan fingerprint density at radius 2 is 1.86 bits per heavy atom. The first-order valence-corrected chi connectivity index (χ1v) is 10.3. The minimum atomic E-state index is 0.310. The van der Waals surface area contributed by atoms with Crippen LogP contribution in [0.2, 0.25) is 5.15 Å². The Bertz CT molecular complexity index is 1220. The van der Waals surface area contributed by atoms with Gasteiger partial charge in [0.1, 0.15) is 27.8 Å². The van der Waals surface area contributed by atoms with Crippen molar-refractivity contribution in [1.82, 2.24) is 20.4 Å². The van der Waals surface area contributed by atoms with Crippen molar-refractivity contribution >= 4 is 49.2 Å². The molecule has 1 aromatic carbocycles. The lowest BCUT2D eigenvalue weighted by Gasteiger charge is -2.29. The van der Waals surface area contributed by atoms with Gasteiger partial charge in [-0.15, -0.1) is 21.5 Å². The van der Waals surface area contributed by atoms with E-state index in [9.17, 15) is 5.26 Å². The fourth-order valence-corrected chi connectivity index (χ4v) is 5.05. The van der Waals surface area contributed by atoms with Crippen molar-refractivity contribution in [3.05, 3.63) is 41.0 Å². The molecule has 0 bridgehead atoms. The highest BCUT2D eigenvalue weighted by Crippen LogP contribution is 2.44. The molecular weight excluding hydrogens is 392 g/mol. The number of nitriles is 1. The monoisotopic (exact) mass is 406 g/mol. The van der Waals surface area contributed by atoms with Crippen LogP contribution < -0.4 is 4.90 Å². The van der Waals surface area contributed by atoms with Gasteiger partial charge in [-0.25, -0.2) is 4.98 Å². The first-order chi connectivity index (χ1) is 13.8. The lowest BCUT2D eigenvalue weighted by atomic mass is 9.97. The zero-order chi connectivity index (χ0) is 19.1. The standard InChI is InChI=1S/C20H15ClN6S/c21-18-17-16(24-26-25-18)15-14(12-7-3-1-4-8-12)13(11-22)19(23-20(15)28-17)27-9-5-2-6-10-27/h1,3-4,7-8H,2,5-6,9-10H2. The highest BCUT2D eigenvalue weighted by atomic mass is 35.5. The Morgan fingerprint density at radius 3 is 2.61 bits per heavy atom. The second-order valence-electron chi connectivity index (χ2n) is 6.75. The van der Waals surface area contributed by atoms with Crippen LogP contribution >= 0.6 is 22.9 Å². The molecule has 4 heterocycles. The number of halogens is 1. The summed E-state index contributed by atoms with van der Waals surface area (Å²) in [6.07, 6.45) is 3.43. The number of hydrogen-bond acceptors (Lipinski definition) is 7. The largest absolute Gasteiger partial charge is 0.355 e. The van der Waals surface area contributed by atoms with E-state index >= 15 is 0 Å². The van der Waals surface area contributed by atoms with Crippen molar-refractivity contribution in [3.63, 3.8) is 0 Å². The molecule has 0 radical (unpaired) electrons. The minimum absolute atomic E-state index is 0.310. The predicted octanol–water partition coefficient (Wildman–Crippen LogP) is 4.82. The molecule has 28 heavy (non-hydrogen) atoms. The lowest BCUT2D eigenvalue weighted by molar-refractivity contribution is 0.574. The highest BCUT2D eigenvalue weighted by molar-refractivity contribution is 7.26. The SMILES string of the molecule is N#Cc1c(N2CCCCC2)nc2sc3c(Cl)nnnc3c2c1-c1ccccc1. The molecule has 1 saturated heterocycles. The average Bonchev–Trinajstić information content (AvgIpc) is 3.13. The van der Waals surface area contributed by atoms with Gasteiger partial charge < -0.3 is 4.90 Å². The molecule has 1 aliphatic rings. The first kappa shape index (κ1) is 17.3. The second kappa shape index (κ2) is 6.97. The summed E-state index contributed by atoms with van der Waals surface area (Å²) in [7, 11) is 0. The zero-order valence-electron chi connectivity index (χ0n) is 14.9. The van der Waals surface area contributed by atoms with Crippen molar-refractivity contribution in [2.75, 3.05) is 18.0 Å². The molecule has 0 spiro atoms. The van der Waals surface area contributed by atoms with Crippen LogP contribution in [-0.4, -0.2) is 33.5 Å². The van der Waals surface area contributed by atoms with Gasteiger partial charge in [-0.1, -0.05) is 41.9 Å². The van der Waals surface area contributed by atoms with Crippen LogP contribution in [0.15, 0.2) is 30.3 Å². The molecular formula is C20H15ClN6S. The van der Waals surface area contributed by atoms with Gasteiger partial charge in [-0.05, 0) is 30.0 Å². The van der Waals surface area contributed by atoms with Crippen molar-refractivity contribution in [2.45, 2.75) is 19.3 Å². The Balaban J connectivity index is 1.92. The molecule has 3 aromatic heterocycles. The number of nitrogens with zero attached hydrogens (tertiary/aromatic N) is 6. The van der Waals surface area contributed by atoms with E-state index in [0.717, 1.165) is 57.8 Å². The van der Waals surface area contributed by atoms with Gasteiger partial charge in [-0.3, -0.25) is 0 Å². The maximum absolute atomic E-state index is 10.1. The van der Waals surface area contributed by atoms with Gasteiger partial charge in [0.05, 0.1) is 4.70 Å². The highest BCUT2D eigenvalue weighted by Gasteiger charge is 2.25. The normalized spacial score (nSPS) is 14.5. The number of fused-ring (bicyclic) bond motifs is 3. The van der Waals surface area contributed by atoms with Gasteiger partial charge >= 0.3 is 0 Å². The molecule has 1 fully saturated rings. The van der Waals surface area contributed by atoms with Crippen molar-refractivity contribution in [3.8, 4) is 17.2 Å². The first-order valence-electron chi connectivity index (χ1n) is 9.13. The molecule has 0 aliphatic carbocycles. The van der Waals surface area contributed by atoms with E-state index in [0.29, 0.717) is 16.2 Å². The van der Waals surface area contributed by atoms with Gasteiger partial charge in [0, 0.05) is 24.0 Å². The Labute approximate surface area is 170 Å². The van der Waals surface area contributed by atoms with E-state index in [2.05, 4.69) is 26.4 Å². The fourth-order valence-electron chi connectivity index (χ4n) is 3.82. The Morgan fingerprint density at radius 1 is 1.07 bits per heavy atom.